The van der Waals surface area contributed by atoms with Crippen LogP contribution in [0.5, 0.6) is 0 Å². The topological polar surface area (TPSA) is 0 Å². The minimum absolute atomic E-state index is 0.955. The highest BCUT2D eigenvalue weighted by Gasteiger charge is 2.30. The molecule has 1 aromatic carbocycles. The molecule has 0 N–H and O–H groups in total. The van der Waals surface area contributed by atoms with Gasteiger partial charge in [0.15, 0.2) is 0 Å². The molecule has 0 heterocycles. The van der Waals surface area contributed by atoms with E-state index in [9.17, 15) is 0 Å². The summed E-state index contributed by atoms with van der Waals surface area (Å²) in [5.74, 6) is 4.13. The van der Waals surface area contributed by atoms with Crippen LogP contribution in [0, 0.1) is 23.7 Å². The van der Waals surface area contributed by atoms with Gasteiger partial charge in [0.05, 0.1) is 0 Å². The summed E-state index contributed by atoms with van der Waals surface area (Å²) in [4.78, 5) is 0. The van der Waals surface area contributed by atoms with Gasteiger partial charge in [0.2, 0.25) is 0 Å². The van der Waals surface area contributed by atoms with Crippen LogP contribution >= 0.6 is 0 Å². The lowest BCUT2D eigenvalue weighted by atomic mass is 9.68. The Hall–Kier alpha value is -1.04. The van der Waals surface area contributed by atoms with E-state index in [1.165, 1.54) is 88.2 Å². The molecule has 1 aromatic rings. The van der Waals surface area contributed by atoms with E-state index in [-0.39, 0.29) is 0 Å². The Labute approximate surface area is 168 Å². The lowest BCUT2D eigenvalue weighted by Crippen LogP contribution is -2.25. The maximum absolute atomic E-state index is 2.47. The predicted octanol–water partition coefficient (Wildman–Crippen LogP) is 8.15. The summed E-state index contributed by atoms with van der Waals surface area (Å²) in [7, 11) is 0. The lowest BCUT2D eigenvalue weighted by molar-refractivity contribution is 0.145. The number of benzene rings is 1. The Morgan fingerprint density at radius 1 is 0.704 bits per heavy atom. The van der Waals surface area contributed by atoms with E-state index in [2.05, 4.69) is 50.3 Å². The van der Waals surface area contributed by atoms with E-state index in [1.807, 2.05) is 0 Å². The molecule has 0 saturated heterocycles. The van der Waals surface area contributed by atoms with Crippen LogP contribution in [0.15, 0.2) is 36.4 Å². The molecular weight excluding hydrogens is 324 g/mol. The molecule has 0 bridgehead atoms. The summed E-state index contributed by atoms with van der Waals surface area (Å²) >= 11 is 0. The van der Waals surface area contributed by atoms with Crippen LogP contribution in [0.4, 0.5) is 0 Å². The van der Waals surface area contributed by atoms with Crippen molar-refractivity contribution in [2.75, 3.05) is 0 Å². The van der Waals surface area contributed by atoms with Crippen LogP contribution in [0.1, 0.15) is 95.6 Å². The molecule has 0 aromatic heterocycles. The fourth-order valence-corrected chi connectivity index (χ4v) is 5.60. The van der Waals surface area contributed by atoms with E-state index in [1.54, 1.807) is 0 Å². The van der Waals surface area contributed by atoms with Crippen LogP contribution in [-0.2, 0) is 12.8 Å². The molecule has 0 spiro atoms. The smallest absolute Gasteiger partial charge is 0.00975 e. The molecular formula is C27H42. The van der Waals surface area contributed by atoms with Crippen molar-refractivity contribution >= 4 is 0 Å². The fourth-order valence-electron chi connectivity index (χ4n) is 5.60. The number of rotatable bonds is 8. The van der Waals surface area contributed by atoms with Crippen LogP contribution in [0.25, 0.3) is 0 Å². The largest absolute Gasteiger partial charge is 0.0879 e. The first-order valence-electron chi connectivity index (χ1n) is 12.0. The SMILES string of the molecule is CCCc1ccc(CC=CCC2CCC(C3CCC(CC)CC3)CC2)cc1. The molecule has 2 aliphatic carbocycles. The fraction of sp³-hybridized carbons (Fsp3) is 0.704. The molecule has 2 fully saturated rings. The molecule has 0 atom stereocenters. The Bertz CT molecular complexity index is 536. The Kier molecular flexibility index (Phi) is 8.49. The maximum atomic E-state index is 2.47. The van der Waals surface area contributed by atoms with Crippen molar-refractivity contribution in [3.63, 3.8) is 0 Å². The molecule has 0 unspecified atom stereocenters. The van der Waals surface area contributed by atoms with Gasteiger partial charge >= 0.3 is 0 Å². The van der Waals surface area contributed by atoms with E-state index in [0.29, 0.717) is 0 Å². The Morgan fingerprint density at radius 2 is 1.26 bits per heavy atom. The summed E-state index contributed by atoms with van der Waals surface area (Å²) in [6, 6.07) is 9.24. The predicted molar refractivity (Wildman–Crippen MR) is 119 cm³/mol. The summed E-state index contributed by atoms with van der Waals surface area (Å²) in [6.07, 6.45) is 23.2. The van der Waals surface area contributed by atoms with E-state index in [0.717, 1.165) is 30.1 Å². The molecule has 0 amide bonds. The summed E-state index contributed by atoms with van der Waals surface area (Å²) in [6.45, 7) is 4.63. The first-order valence-corrected chi connectivity index (χ1v) is 12.0. The zero-order chi connectivity index (χ0) is 18.9. The van der Waals surface area contributed by atoms with Gasteiger partial charge in [-0.05, 0) is 92.6 Å². The monoisotopic (exact) mass is 366 g/mol. The van der Waals surface area contributed by atoms with Crippen molar-refractivity contribution in [3.05, 3.63) is 47.5 Å². The van der Waals surface area contributed by atoms with Gasteiger partial charge in [-0.3, -0.25) is 0 Å². The van der Waals surface area contributed by atoms with Crippen molar-refractivity contribution in [1.29, 1.82) is 0 Å². The third kappa shape index (κ3) is 6.51. The van der Waals surface area contributed by atoms with Gasteiger partial charge in [-0.1, -0.05) is 75.9 Å². The summed E-state index contributed by atoms with van der Waals surface area (Å²) < 4.78 is 0. The van der Waals surface area contributed by atoms with Gasteiger partial charge in [-0.15, -0.1) is 0 Å². The van der Waals surface area contributed by atoms with E-state index >= 15 is 0 Å². The van der Waals surface area contributed by atoms with E-state index < -0.39 is 0 Å². The van der Waals surface area contributed by atoms with Gasteiger partial charge in [0.1, 0.15) is 0 Å². The Morgan fingerprint density at radius 3 is 1.81 bits per heavy atom. The van der Waals surface area contributed by atoms with Crippen LogP contribution in [-0.4, -0.2) is 0 Å². The molecule has 3 rings (SSSR count). The Balaban J connectivity index is 1.33. The highest BCUT2D eigenvalue weighted by Crippen LogP contribution is 2.42. The van der Waals surface area contributed by atoms with Crippen LogP contribution < -0.4 is 0 Å². The average Bonchev–Trinajstić information content (AvgIpc) is 2.73. The zero-order valence-corrected chi connectivity index (χ0v) is 18.0. The van der Waals surface area contributed by atoms with Gasteiger partial charge in [0, 0.05) is 0 Å². The summed E-state index contributed by atoms with van der Waals surface area (Å²) in [5, 5.41) is 0. The maximum Gasteiger partial charge on any atom is -0.00975 e. The molecule has 0 radical (unpaired) electrons. The molecule has 0 aliphatic heterocycles. The van der Waals surface area contributed by atoms with Crippen molar-refractivity contribution in [2.45, 2.75) is 97.3 Å². The molecule has 2 aliphatic rings. The van der Waals surface area contributed by atoms with E-state index in [4.69, 9.17) is 0 Å². The number of hydrogen-bond acceptors (Lipinski definition) is 0. The second-order valence-electron chi connectivity index (χ2n) is 9.45. The highest BCUT2D eigenvalue weighted by atomic mass is 14.4. The van der Waals surface area contributed by atoms with Gasteiger partial charge in [0.25, 0.3) is 0 Å². The second kappa shape index (κ2) is 11.1. The van der Waals surface area contributed by atoms with Crippen molar-refractivity contribution < 1.29 is 0 Å². The molecule has 27 heavy (non-hydrogen) atoms. The second-order valence-corrected chi connectivity index (χ2v) is 9.45. The number of allylic oxidation sites excluding steroid dienone is 2. The molecule has 2 saturated carbocycles. The minimum atomic E-state index is 0.955. The van der Waals surface area contributed by atoms with Crippen LogP contribution in [0.3, 0.4) is 0 Å². The summed E-state index contributed by atoms with van der Waals surface area (Å²) in [5.41, 5.74) is 2.93. The highest BCUT2D eigenvalue weighted by molar-refractivity contribution is 5.24. The van der Waals surface area contributed by atoms with Crippen molar-refractivity contribution in [1.82, 2.24) is 0 Å². The van der Waals surface area contributed by atoms with Crippen molar-refractivity contribution in [2.24, 2.45) is 23.7 Å². The van der Waals surface area contributed by atoms with Crippen molar-refractivity contribution in [3.8, 4) is 0 Å². The lowest BCUT2D eigenvalue weighted by Gasteiger charge is -2.37. The first kappa shape index (κ1) is 20.7. The molecule has 0 nitrogen and oxygen atoms in total. The van der Waals surface area contributed by atoms with Gasteiger partial charge < -0.3 is 0 Å². The zero-order valence-electron chi connectivity index (χ0n) is 18.0. The van der Waals surface area contributed by atoms with Gasteiger partial charge in [-0.2, -0.15) is 0 Å². The average molecular weight is 367 g/mol. The van der Waals surface area contributed by atoms with Gasteiger partial charge in [-0.25, -0.2) is 0 Å². The number of hydrogen-bond donors (Lipinski definition) is 0. The third-order valence-electron chi connectivity index (χ3n) is 7.58. The normalized spacial score (nSPS) is 29.3. The quantitative estimate of drug-likeness (QED) is 0.407. The third-order valence-corrected chi connectivity index (χ3v) is 7.58. The standard InChI is InChI=1S/C27H42/c1-3-7-23-10-12-24(13-11-23)8-5-6-9-25-16-20-27(21-17-25)26-18-14-22(4-2)15-19-26/h5-6,10-13,22,25-27H,3-4,7-9,14-21H2,1-2H3. The molecule has 150 valence electrons. The first-order chi connectivity index (χ1) is 13.3. The van der Waals surface area contributed by atoms with Crippen LogP contribution in [0.2, 0.25) is 0 Å². The molecule has 0 heteroatoms. The number of aryl methyl sites for hydroxylation is 1. The minimum Gasteiger partial charge on any atom is -0.0879 e.